The van der Waals surface area contributed by atoms with Crippen LogP contribution in [0.3, 0.4) is 0 Å². The van der Waals surface area contributed by atoms with Gasteiger partial charge in [0, 0.05) is 18.8 Å². The van der Waals surface area contributed by atoms with Crippen molar-refractivity contribution in [2.45, 2.75) is 12.8 Å². The van der Waals surface area contributed by atoms with Crippen molar-refractivity contribution in [1.82, 2.24) is 0 Å². The van der Waals surface area contributed by atoms with Crippen LogP contribution in [0.25, 0.3) is 0 Å². The summed E-state index contributed by atoms with van der Waals surface area (Å²) in [6, 6.07) is 20.6. The molecule has 0 aliphatic heterocycles. The Hall–Kier alpha value is -2.47. The quantitative estimate of drug-likeness (QED) is 0.776. The van der Waals surface area contributed by atoms with Crippen LogP contribution in [0.15, 0.2) is 54.6 Å². The minimum Gasteiger partial charge on any atom is -0.497 e. The van der Waals surface area contributed by atoms with Gasteiger partial charge in [-0.25, -0.2) is 0 Å². The molecule has 2 rings (SSSR count). The Balaban J connectivity index is 2.03. The van der Waals surface area contributed by atoms with E-state index in [0.717, 1.165) is 30.9 Å². The van der Waals surface area contributed by atoms with Gasteiger partial charge in [-0.15, -0.1) is 0 Å². The minimum atomic E-state index is 0.535. The number of nitrogens with zero attached hydrogens (tertiary/aromatic N) is 2. The van der Waals surface area contributed by atoms with Crippen molar-refractivity contribution < 1.29 is 4.74 Å². The van der Waals surface area contributed by atoms with Gasteiger partial charge in [0.05, 0.1) is 19.6 Å². The molecule has 0 bridgehead atoms. The number of anilines is 1. The number of ether oxygens (including phenoxy) is 1. The van der Waals surface area contributed by atoms with Crippen LogP contribution in [0.2, 0.25) is 0 Å². The first kappa shape index (κ1) is 14.9. The molecule has 0 atom stereocenters. The van der Waals surface area contributed by atoms with Gasteiger partial charge in [-0.2, -0.15) is 5.26 Å². The molecule has 0 heterocycles. The van der Waals surface area contributed by atoms with E-state index in [1.165, 1.54) is 5.56 Å². The monoisotopic (exact) mass is 280 g/mol. The molecule has 108 valence electrons. The lowest BCUT2D eigenvalue weighted by molar-refractivity contribution is 0.414. The Bertz CT molecular complexity index is 590. The summed E-state index contributed by atoms with van der Waals surface area (Å²) < 4.78 is 5.25. The zero-order chi connectivity index (χ0) is 14.9. The van der Waals surface area contributed by atoms with Crippen LogP contribution in [0.4, 0.5) is 5.69 Å². The van der Waals surface area contributed by atoms with Crippen LogP contribution in [0.1, 0.15) is 12.0 Å². The number of hydrogen-bond donors (Lipinski definition) is 0. The van der Waals surface area contributed by atoms with E-state index >= 15 is 0 Å². The van der Waals surface area contributed by atoms with E-state index in [2.05, 4.69) is 35.2 Å². The predicted molar refractivity (Wildman–Crippen MR) is 85.6 cm³/mol. The molecule has 0 N–H and O–H groups in total. The first-order valence-electron chi connectivity index (χ1n) is 7.13. The van der Waals surface area contributed by atoms with Gasteiger partial charge in [0.1, 0.15) is 5.75 Å². The fraction of sp³-hybridized carbons (Fsp3) is 0.278. The molecular weight excluding hydrogens is 260 g/mol. The highest BCUT2D eigenvalue weighted by Gasteiger charge is 2.06. The third kappa shape index (κ3) is 4.54. The lowest BCUT2D eigenvalue weighted by atomic mass is 10.1. The molecule has 0 aliphatic carbocycles. The van der Waals surface area contributed by atoms with Crippen LogP contribution in [0, 0.1) is 11.3 Å². The maximum atomic E-state index is 8.82. The van der Waals surface area contributed by atoms with Crippen LogP contribution in [-0.2, 0) is 6.42 Å². The van der Waals surface area contributed by atoms with Gasteiger partial charge < -0.3 is 9.64 Å². The van der Waals surface area contributed by atoms with Crippen molar-refractivity contribution in [3.05, 3.63) is 60.2 Å². The summed E-state index contributed by atoms with van der Waals surface area (Å²) in [7, 11) is 1.68. The highest BCUT2D eigenvalue weighted by Crippen LogP contribution is 2.17. The first-order chi connectivity index (χ1) is 10.3. The molecule has 0 aliphatic rings. The first-order valence-corrected chi connectivity index (χ1v) is 7.13. The molecule has 0 saturated heterocycles. The molecule has 0 unspecified atom stereocenters. The van der Waals surface area contributed by atoms with E-state index < -0.39 is 0 Å². The number of hydrogen-bond acceptors (Lipinski definition) is 3. The average Bonchev–Trinajstić information content (AvgIpc) is 2.56. The van der Waals surface area contributed by atoms with E-state index in [9.17, 15) is 0 Å². The Kier molecular flexibility index (Phi) is 5.66. The molecule has 0 amide bonds. The van der Waals surface area contributed by atoms with E-state index in [4.69, 9.17) is 10.00 Å². The standard InChI is InChI=1S/C18H20N2O/c1-21-18-10-5-7-16(15-18)11-14-20(13-6-12-19)17-8-3-2-4-9-17/h2-5,7-10,15H,6,11,13-14H2,1H3. The summed E-state index contributed by atoms with van der Waals surface area (Å²) in [5, 5.41) is 8.82. The van der Waals surface area contributed by atoms with Crippen molar-refractivity contribution >= 4 is 5.69 Å². The summed E-state index contributed by atoms with van der Waals surface area (Å²) in [4.78, 5) is 2.25. The van der Waals surface area contributed by atoms with Gasteiger partial charge in [0.15, 0.2) is 0 Å². The predicted octanol–water partition coefficient (Wildman–Crippen LogP) is 3.66. The van der Waals surface area contributed by atoms with Crippen molar-refractivity contribution in [3.8, 4) is 11.8 Å². The highest BCUT2D eigenvalue weighted by molar-refractivity contribution is 5.46. The number of rotatable bonds is 7. The second-order valence-corrected chi connectivity index (χ2v) is 4.83. The fourth-order valence-electron chi connectivity index (χ4n) is 2.29. The molecule has 0 saturated carbocycles. The molecule has 3 heteroatoms. The lowest BCUT2D eigenvalue weighted by Gasteiger charge is -2.24. The molecule has 0 radical (unpaired) electrons. The minimum absolute atomic E-state index is 0.535. The SMILES string of the molecule is COc1cccc(CCN(CCC#N)c2ccccc2)c1. The van der Waals surface area contributed by atoms with Crippen LogP contribution < -0.4 is 9.64 Å². The lowest BCUT2D eigenvalue weighted by Crippen LogP contribution is -2.26. The smallest absolute Gasteiger partial charge is 0.119 e. The molecule has 21 heavy (non-hydrogen) atoms. The van der Waals surface area contributed by atoms with Gasteiger partial charge in [0.2, 0.25) is 0 Å². The largest absolute Gasteiger partial charge is 0.497 e. The normalized spacial score (nSPS) is 9.90. The molecule has 0 spiro atoms. The zero-order valence-corrected chi connectivity index (χ0v) is 12.3. The Morgan fingerprint density at radius 1 is 1.05 bits per heavy atom. The Labute approximate surface area is 126 Å². The molecule has 0 aromatic heterocycles. The van der Waals surface area contributed by atoms with Crippen LogP contribution in [-0.4, -0.2) is 20.2 Å². The van der Waals surface area contributed by atoms with Crippen molar-refractivity contribution in [1.29, 1.82) is 5.26 Å². The molecular formula is C18H20N2O. The molecule has 2 aromatic carbocycles. The summed E-state index contributed by atoms with van der Waals surface area (Å²) in [6.07, 6.45) is 1.46. The van der Waals surface area contributed by atoms with Gasteiger partial charge in [-0.1, -0.05) is 30.3 Å². The maximum Gasteiger partial charge on any atom is 0.119 e. The van der Waals surface area contributed by atoms with Gasteiger partial charge in [-0.05, 0) is 36.2 Å². The van der Waals surface area contributed by atoms with Gasteiger partial charge in [0.25, 0.3) is 0 Å². The topological polar surface area (TPSA) is 36.3 Å². The van der Waals surface area contributed by atoms with E-state index in [0.29, 0.717) is 6.42 Å². The number of benzene rings is 2. The van der Waals surface area contributed by atoms with Crippen molar-refractivity contribution in [2.75, 3.05) is 25.1 Å². The van der Waals surface area contributed by atoms with Crippen molar-refractivity contribution in [2.24, 2.45) is 0 Å². The summed E-state index contributed by atoms with van der Waals surface area (Å²) in [5.74, 6) is 0.885. The summed E-state index contributed by atoms with van der Waals surface area (Å²) in [6.45, 7) is 1.64. The average molecular weight is 280 g/mol. The Morgan fingerprint density at radius 3 is 2.57 bits per heavy atom. The van der Waals surface area contributed by atoms with Crippen LogP contribution >= 0.6 is 0 Å². The molecule has 0 fully saturated rings. The summed E-state index contributed by atoms with van der Waals surface area (Å²) >= 11 is 0. The molecule has 3 nitrogen and oxygen atoms in total. The maximum absolute atomic E-state index is 8.82. The third-order valence-corrected chi connectivity index (χ3v) is 3.42. The number of methoxy groups -OCH3 is 1. The van der Waals surface area contributed by atoms with Crippen LogP contribution in [0.5, 0.6) is 5.75 Å². The second-order valence-electron chi connectivity index (χ2n) is 4.83. The van der Waals surface area contributed by atoms with Crippen molar-refractivity contribution in [3.63, 3.8) is 0 Å². The number of nitriles is 1. The van der Waals surface area contributed by atoms with Gasteiger partial charge >= 0.3 is 0 Å². The Morgan fingerprint density at radius 2 is 1.86 bits per heavy atom. The zero-order valence-electron chi connectivity index (χ0n) is 12.3. The highest BCUT2D eigenvalue weighted by atomic mass is 16.5. The van der Waals surface area contributed by atoms with E-state index in [1.54, 1.807) is 7.11 Å². The second kappa shape index (κ2) is 7.96. The summed E-state index contributed by atoms with van der Waals surface area (Å²) in [5.41, 5.74) is 2.41. The number of para-hydroxylation sites is 1. The van der Waals surface area contributed by atoms with Gasteiger partial charge in [-0.3, -0.25) is 0 Å². The van der Waals surface area contributed by atoms with E-state index in [1.807, 2.05) is 30.3 Å². The fourth-order valence-corrected chi connectivity index (χ4v) is 2.29. The molecule has 2 aromatic rings. The van der Waals surface area contributed by atoms with E-state index in [-0.39, 0.29) is 0 Å². The third-order valence-electron chi connectivity index (χ3n) is 3.42.